The molecular formula is C24H23N5O. The molecule has 0 aliphatic carbocycles. The van der Waals surface area contributed by atoms with Crippen molar-refractivity contribution in [1.29, 1.82) is 0 Å². The van der Waals surface area contributed by atoms with Gasteiger partial charge < -0.3 is 14.8 Å². The summed E-state index contributed by atoms with van der Waals surface area (Å²) < 4.78 is 2.00. The van der Waals surface area contributed by atoms with Gasteiger partial charge in [0.25, 0.3) is 0 Å². The average molecular weight is 397 g/mol. The van der Waals surface area contributed by atoms with Crippen molar-refractivity contribution >= 4 is 22.7 Å². The molecule has 1 fully saturated rings. The van der Waals surface area contributed by atoms with Crippen LogP contribution in [0.2, 0.25) is 0 Å². The van der Waals surface area contributed by atoms with Crippen molar-refractivity contribution < 1.29 is 4.79 Å². The number of hydrogen-bond acceptors (Lipinski definition) is 5. The molecule has 0 spiro atoms. The highest BCUT2D eigenvalue weighted by Gasteiger charge is 2.33. The Bertz CT molecular complexity index is 1170. The second-order valence-electron chi connectivity index (χ2n) is 7.64. The Morgan fingerprint density at radius 1 is 0.967 bits per heavy atom. The minimum Gasteiger partial charge on any atom is -0.360 e. The number of aromatic nitrogens is 3. The number of nitrogens with one attached hydrogen (secondary N) is 1. The Balaban J connectivity index is 1.64. The minimum absolute atomic E-state index is 0.0249. The fourth-order valence-corrected chi connectivity index (χ4v) is 4.35. The summed E-state index contributed by atoms with van der Waals surface area (Å²) in [4.78, 5) is 13.4. The molecule has 5 rings (SSSR count). The van der Waals surface area contributed by atoms with Gasteiger partial charge in [0.15, 0.2) is 5.82 Å². The first-order valence-electron chi connectivity index (χ1n) is 10.2. The van der Waals surface area contributed by atoms with Crippen LogP contribution in [0.25, 0.3) is 16.6 Å². The molecule has 6 heteroatoms. The van der Waals surface area contributed by atoms with Crippen molar-refractivity contribution in [2.75, 3.05) is 18.0 Å². The molecule has 0 radical (unpaired) electrons. The van der Waals surface area contributed by atoms with Gasteiger partial charge >= 0.3 is 0 Å². The number of anilines is 1. The Morgan fingerprint density at radius 2 is 1.70 bits per heavy atom. The number of piperazine rings is 1. The van der Waals surface area contributed by atoms with E-state index in [2.05, 4.69) is 40.4 Å². The lowest BCUT2D eigenvalue weighted by Crippen LogP contribution is -2.52. The Labute approximate surface area is 175 Å². The second kappa shape index (κ2) is 7.72. The molecular weight excluding hydrogens is 374 g/mol. The summed E-state index contributed by atoms with van der Waals surface area (Å²) in [6, 6.07) is 20.3. The predicted molar refractivity (Wildman–Crippen MR) is 118 cm³/mol. The van der Waals surface area contributed by atoms with Crippen LogP contribution in [0.5, 0.6) is 0 Å². The van der Waals surface area contributed by atoms with Gasteiger partial charge in [-0.3, -0.25) is 4.79 Å². The third kappa shape index (κ3) is 3.15. The summed E-state index contributed by atoms with van der Waals surface area (Å²) >= 11 is 0. The van der Waals surface area contributed by atoms with Gasteiger partial charge in [-0.15, -0.1) is 5.10 Å². The van der Waals surface area contributed by atoms with Crippen LogP contribution in [0.15, 0.2) is 73.1 Å². The number of benzene rings is 2. The summed E-state index contributed by atoms with van der Waals surface area (Å²) in [5, 5.41) is 15.1. The van der Waals surface area contributed by atoms with Gasteiger partial charge in [0.05, 0.1) is 11.7 Å². The fourth-order valence-electron chi connectivity index (χ4n) is 4.35. The van der Waals surface area contributed by atoms with Crippen LogP contribution >= 0.6 is 0 Å². The Kier molecular flexibility index (Phi) is 4.77. The third-order valence-corrected chi connectivity index (χ3v) is 5.81. The van der Waals surface area contributed by atoms with E-state index in [4.69, 9.17) is 5.10 Å². The second-order valence-corrected chi connectivity index (χ2v) is 7.64. The third-order valence-electron chi connectivity index (χ3n) is 5.81. The van der Waals surface area contributed by atoms with E-state index < -0.39 is 0 Å². The molecule has 1 aliphatic heterocycles. The molecule has 6 nitrogen and oxygen atoms in total. The van der Waals surface area contributed by atoms with Crippen LogP contribution in [0.4, 0.5) is 5.69 Å². The number of hydrogen-bond donors (Lipinski definition) is 1. The van der Waals surface area contributed by atoms with E-state index in [9.17, 15) is 4.79 Å². The smallest absolute Gasteiger partial charge is 0.167 e. The van der Waals surface area contributed by atoms with E-state index in [0.29, 0.717) is 5.56 Å². The van der Waals surface area contributed by atoms with Crippen LogP contribution < -0.4 is 10.2 Å². The largest absolute Gasteiger partial charge is 0.360 e. The van der Waals surface area contributed by atoms with Crippen molar-refractivity contribution in [1.82, 2.24) is 20.1 Å². The van der Waals surface area contributed by atoms with Gasteiger partial charge in [-0.05, 0) is 43.3 Å². The molecule has 1 N–H and O–H groups in total. The lowest BCUT2D eigenvalue weighted by atomic mass is 9.96. The van der Waals surface area contributed by atoms with Crippen LogP contribution in [-0.2, 0) is 0 Å². The molecule has 30 heavy (non-hydrogen) atoms. The summed E-state index contributed by atoms with van der Waals surface area (Å²) in [6.07, 6.45) is 4.85. The molecule has 2 atom stereocenters. The van der Waals surface area contributed by atoms with Crippen LogP contribution in [-0.4, -0.2) is 40.2 Å². The van der Waals surface area contributed by atoms with E-state index in [1.54, 1.807) is 0 Å². The monoisotopic (exact) mass is 397 g/mol. The van der Waals surface area contributed by atoms with E-state index >= 15 is 0 Å². The summed E-state index contributed by atoms with van der Waals surface area (Å²) in [7, 11) is 0. The highest BCUT2D eigenvalue weighted by Crippen LogP contribution is 2.35. The molecule has 2 unspecified atom stereocenters. The van der Waals surface area contributed by atoms with Crippen LogP contribution in [0, 0.1) is 0 Å². The number of carbonyl (C=O) groups excluding carboxylic acids is 1. The first kappa shape index (κ1) is 18.5. The topological polar surface area (TPSA) is 63.1 Å². The maximum absolute atomic E-state index is 11.1. The first-order chi connectivity index (χ1) is 14.8. The van der Waals surface area contributed by atoms with E-state index in [1.807, 2.05) is 59.4 Å². The normalized spacial score (nSPS) is 19.2. The van der Waals surface area contributed by atoms with Crippen molar-refractivity contribution in [3.8, 4) is 5.82 Å². The van der Waals surface area contributed by atoms with Gasteiger partial charge in [-0.25, -0.2) is 0 Å². The minimum atomic E-state index is 0.0249. The van der Waals surface area contributed by atoms with Gasteiger partial charge in [0, 0.05) is 53.5 Å². The van der Waals surface area contributed by atoms with Crippen LogP contribution in [0.1, 0.15) is 29.0 Å². The summed E-state index contributed by atoms with van der Waals surface area (Å²) in [6.45, 7) is 3.93. The first-order valence-corrected chi connectivity index (χ1v) is 10.2. The fraction of sp³-hybridized carbons (Fsp3) is 0.208. The quantitative estimate of drug-likeness (QED) is 0.531. The zero-order chi connectivity index (χ0) is 20.5. The molecule has 3 heterocycles. The average Bonchev–Trinajstić information content (AvgIpc) is 3.33. The lowest BCUT2D eigenvalue weighted by Gasteiger charge is -2.42. The predicted octanol–water partition coefficient (Wildman–Crippen LogP) is 3.77. The molecule has 2 aromatic heterocycles. The molecule has 0 bridgehead atoms. The van der Waals surface area contributed by atoms with E-state index in [1.165, 1.54) is 0 Å². The van der Waals surface area contributed by atoms with E-state index in [0.717, 1.165) is 47.3 Å². The molecule has 0 amide bonds. The van der Waals surface area contributed by atoms with Gasteiger partial charge in [-0.1, -0.05) is 24.3 Å². The standard InChI is InChI=1S/C24H23N5O/c1-17-23(29(15-12-25-17)19-10-8-18(16-30)9-11-19)22-20-6-2-3-7-21(20)24(27-26-22)28-13-4-5-14-28/h2-11,13-14,16-17,23,25H,12,15H2,1H3. The van der Waals surface area contributed by atoms with Crippen molar-refractivity contribution in [3.63, 3.8) is 0 Å². The Morgan fingerprint density at radius 3 is 2.43 bits per heavy atom. The van der Waals surface area contributed by atoms with Crippen molar-refractivity contribution in [2.24, 2.45) is 0 Å². The van der Waals surface area contributed by atoms with Crippen LogP contribution in [0.3, 0.4) is 0 Å². The SMILES string of the molecule is CC1NCCN(c2ccc(C=O)cc2)C1c1nnc(-n2cccc2)c2ccccc12. The Hall–Kier alpha value is -3.51. The number of rotatable bonds is 4. The number of nitrogens with zero attached hydrogens (tertiary/aromatic N) is 4. The van der Waals surface area contributed by atoms with E-state index in [-0.39, 0.29) is 12.1 Å². The molecule has 1 saturated heterocycles. The zero-order valence-electron chi connectivity index (χ0n) is 16.8. The zero-order valence-corrected chi connectivity index (χ0v) is 16.8. The number of carbonyl (C=O) groups is 1. The number of aldehydes is 1. The lowest BCUT2D eigenvalue weighted by molar-refractivity contribution is 0.112. The maximum atomic E-state index is 11.1. The van der Waals surface area contributed by atoms with Crippen molar-refractivity contribution in [3.05, 3.63) is 84.3 Å². The molecule has 0 saturated carbocycles. The van der Waals surface area contributed by atoms with Gasteiger partial charge in [0.1, 0.15) is 6.29 Å². The molecule has 1 aliphatic rings. The highest BCUT2D eigenvalue weighted by molar-refractivity contribution is 5.90. The van der Waals surface area contributed by atoms with Gasteiger partial charge in [0.2, 0.25) is 0 Å². The number of fused-ring (bicyclic) bond motifs is 1. The van der Waals surface area contributed by atoms with Crippen molar-refractivity contribution in [2.45, 2.75) is 19.0 Å². The molecule has 150 valence electrons. The summed E-state index contributed by atoms with van der Waals surface area (Å²) in [5.41, 5.74) is 2.72. The summed E-state index contributed by atoms with van der Waals surface area (Å²) in [5.74, 6) is 0.831. The highest BCUT2D eigenvalue weighted by atomic mass is 16.1. The van der Waals surface area contributed by atoms with Gasteiger partial charge in [-0.2, -0.15) is 5.10 Å². The molecule has 2 aromatic carbocycles. The maximum Gasteiger partial charge on any atom is 0.167 e. The molecule has 4 aromatic rings.